The Hall–Kier alpha value is -2.29. The molecule has 0 spiro atoms. The summed E-state index contributed by atoms with van der Waals surface area (Å²) in [5.74, 6) is -0.0421. The number of anilines is 1. The summed E-state index contributed by atoms with van der Waals surface area (Å²) < 4.78 is 0. The molecule has 0 aromatic heterocycles. The van der Waals surface area contributed by atoms with Crippen LogP contribution in [0.2, 0.25) is 0 Å². The van der Waals surface area contributed by atoms with Gasteiger partial charge in [0.25, 0.3) is 5.91 Å². The molecule has 1 amide bonds. The molecule has 3 heteroatoms. The monoisotopic (exact) mass is 270 g/mol. The number of benzene rings is 2. The number of nitrogens with one attached hydrogen (secondary N) is 1. The van der Waals surface area contributed by atoms with Crippen LogP contribution < -0.4 is 11.1 Å². The highest BCUT2D eigenvalue weighted by Crippen LogP contribution is 2.06. The molecule has 2 aromatic rings. The number of hydrogen-bond acceptors (Lipinski definition) is 2. The molecule has 0 atom stereocenters. The number of rotatable bonds is 4. The van der Waals surface area contributed by atoms with Crippen molar-refractivity contribution in [2.24, 2.45) is 0 Å². The summed E-state index contributed by atoms with van der Waals surface area (Å²) in [5.41, 5.74) is 8.26. The van der Waals surface area contributed by atoms with Gasteiger partial charge < -0.3 is 11.1 Å². The van der Waals surface area contributed by atoms with Gasteiger partial charge in [-0.25, -0.2) is 0 Å². The van der Waals surface area contributed by atoms with Crippen LogP contribution in [0.5, 0.6) is 0 Å². The Bertz CT molecular complexity index is 524. The van der Waals surface area contributed by atoms with E-state index in [1.54, 1.807) is 12.1 Å². The summed E-state index contributed by atoms with van der Waals surface area (Å²) >= 11 is 0. The van der Waals surface area contributed by atoms with Crippen LogP contribution in [0.4, 0.5) is 5.69 Å². The molecule has 0 aliphatic heterocycles. The average molecular weight is 270 g/mol. The zero-order valence-corrected chi connectivity index (χ0v) is 12.1. The lowest BCUT2D eigenvalue weighted by molar-refractivity contribution is 0.0954. The van der Waals surface area contributed by atoms with E-state index in [1.165, 1.54) is 0 Å². The molecule has 0 saturated heterocycles. The van der Waals surface area contributed by atoms with Crippen LogP contribution in [0.15, 0.2) is 54.6 Å². The zero-order chi connectivity index (χ0) is 14.8. The van der Waals surface area contributed by atoms with Crippen molar-refractivity contribution in [1.29, 1.82) is 0 Å². The van der Waals surface area contributed by atoms with Gasteiger partial charge in [-0.05, 0) is 36.2 Å². The third-order valence-corrected chi connectivity index (χ3v) is 2.69. The smallest absolute Gasteiger partial charge is 0.251 e. The van der Waals surface area contributed by atoms with Gasteiger partial charge in [-0.1, -0.05) is 44.2 Å². The van der Waals surface area contributed by atoms with Gasteiger partial charge >= 0.3 is 0 Å². The summed E-state index contributed by atoms with van der Waals surface area (Å²) in [5, 5.41) is 2.89. The minimum atomic E-state index is -0.0421. The number of carbonyl (C=O) groups excluding carboxylic acids is 1. The fourth-order valence-electron chi connectivity index (χ4n) is 1.76. The minimum absolute atomic E-state index is 0.0421. The maximum absolute atomic E-state index is 11.8. The van der Waals surface area contributed by atoms with Crippen LogP contribution in [-0.4, -0.2) is 12.5 Å². The van der Waals surface area contributed by atoms with Gasteiger partial charge in [0.15, 0.2) is 0 Å². The predicted molar refractivity (Wildman–Crippen MR) is 84.7 cm³/mol. The van der Waals surface area contributed by atoms with E-state index in [0.717, 1.165) is 17.7 Å². The molecule has 20 heavy (non-hydrogen) atoms. The van der Waals surface area contributed by atoms with Gasteiger partial charge in [0, 0.05) is 17.8 Å². The summed E-state index contributed by atoms with van der Waals surface area (Å²) in [7, 11) is 0. The molecule has 0 heterocycles. The Labute approximate surface area is 120 Å². The summed E-state index contributed by atoms with van der Waals surface area (Å²) in [4.78, 5) is 11.8. The lowest BCUT2D eigenvalue weighted by atomic mass is 10.1. The second kappa shape index (κ2) is 8.75. The van der Waals surface area contributed by atoms with E-state index in [4.69, 9.17) is 5.73 Å². The fraction of sp³-hybridized carbons (Fsp3) is 0.235. The number of amides is 1. The Morgan fingerprint density at radius 2 is 1.75 bits per heavy atom. The van der Waals surface area contributed by atoms with E-state index in [1.807, 2.05) is 56.3 Å². The topological polar surface area (TPSA) is 55.1 Å². The maximum atomic E-state index is 11.8. The molecule has 0 bridgehead atoms. The third kappa shape index (κ3) is 5.14. The van der Waals surface area contributed by atoms with Gasteiger partial charge in [0.1, 0.15) is 0 Å². The average Bonchev–Trinajstić information content (AvgIpc) is 2.50. The normalized spacial score (nSPS) is 9.30. The van der Waals surface area contributed by atoms with E-state index < -0.39 is 0 Å². The molecule has 2 rings (SSSR count). The first-order chi connectivity index (χ1) is 9.75. The summed E-state index contributed by atoms with van der Waals surface area (Å²) in [6.45, 7) is 4.61. The van der Waals surface area contributed by atoms with Crippen LogP contribution in [0.25, 0.3) is 0 Å². The molecular formula is C17H22N2O. The quantitative estimate of drug-likeness (QED) is 0.838. The first kappa shape index (κ1) is 15.8. The molecule has 0 unspecified atom stereocenters. The number of carbonyl (C=O) groups is 1. The van der Waals surface area contributed by atoms with Crippen LogP contribution in [0, 0.1) is 0 Å². The maximum Gasteiger partial charge on any atom is 0.251 e. The van der Waals surface area contributed by atoms with E-state index in [0.29, 0.717) is 12.1 Å². The molecule has 2 aromatic carbocycles. The fourth-order valence-corrected chi connectivity index (χ4v) is 1.76. The Kier molecular flexibility index (Phi) is 6.90. The van der Waals surface area contributed by atoms with E-state index in [-0.39, 0.29) is 5.91 Å². The second-order valence-electron chi connectivity index (χ2n) is 4.12. The molecule has 106 valence electrons. The molecule has 0 aliphatic rings. The molecule has 0 fully saturated rings. The predicted octanol–water partition coefficient (Wildman–Crippen LogP) is 3.27. The van der Waals surface area contributed by atoms with Crippen molar-refractivity contribution >= 4 is 11.6 Å². The van der Waals surface area contributed by atoms with Crippen molar-refractivity contribution in [2.45, 2.75) is 20.3 Å². The van der Waals surface area contributed by atoms with Crippen LogP contribution in [0.3, 0.4) is 0 Å². The number of hydrogen-bond donors (Lipinski definition) is 2. The Morgan fingerprint density at radius 1 is 1.05 bits per heavy atom. The molecule has 0 saturated carbocycles. The Morgan fingerprint density at radius 3 is 2.40 bits per heavy atom. The van der Waals surface area contributed by atoms with E-state index >= 15 is 0 Å². The van der Waals surface area contributed by atoms with Crippen molar-refractivity contribution in [3.8, 4) is 0 Å². The van der Waals surface area contributed by atoms with Gasteiger partial charge in [0.05, 0.1) is 0 Å². The lowest BCUT2D eigenvalue weighted by Crippen LogP contribution is -2.25. The first-order valence-corrected chi connectivity index (χ1v) is 6.93. The highest BCUT2D eigenvalue weighted by Gasteiger charge is 2.03. The van der Waals surface area contributed by atoms with Crippen LogP contribution in [0.1, 0.15) is 29.8 Å². The van der Waals surface area contributed by atoms with Crippen molar-refractivity contribution in [1.82, 2.24) is 5.32 Å². The van der Waals surface area contributed by atoms with Crippen LogP contribution in [-0.2, 0) is 6.42 Å². The van der Waals surface area contributed by atoms with E-state index in [9.17, 15) is 4.79 Å². The molecule has 3 nitrogen and oxygen atoms in total. The first-order valence-electron chi connectivity index (χ1n) is 6.93. The highest BCUT2D eigenvalue weighted by atomic mass is 16.1. The lowest BCUT2D eigenvalue weighted by Gasteiger charge is -2.05. The van der Waals surface area contributed by atoms with Gasteiger partial charge in [0.2, 0.25) is 0 Å². The van der Waals surface area contributed by atoms with Crippen molar-refractivity contribution in [3.05, 3.63) is 65.7 Å². The molecule has 0 aliphatic carbocycles. The molecule has 3 N–H and O–H groups in total. The highest BCUT2D eigenvalue weighted by molar-refractivity contribution is 5.94. The van der Waals surface area contributed by atoms with Gasteiger partial charge in [-0.2, -0.15) is 0 Å². The SMILES string of the molecule is CC.Nc1cccc(CCNC(=O)c2ccccc2)c1. The standard InChI is InChI=1S/C15H16N2O.C2H6/c16-14-8-4-5-12(11-14)9-10-17-15(18)13-6-2-1-3-7-13;1-2/h1-8,11H,9-10,16H2,(H,17,18);1-2H3. The molecular weight excluding hydrogens is 248 g/mol. The van der Waals surface area contributed by atoms with E-state index in [2.05, 4.69) is 5.32 Å². The second-order valence-corrected chi connectivity index (χ2v) is 4.12. The third-order valence-electron chi connectivity index (χ3n) is 2.69. The van der Waals surface area contributed by atoms with Crippen LogP contribution >= 0.6 is 0 Å². The van der Waals surface area contributed by atoms with Gasteiger partial charge in [-0.3, -0.25) is 4.79 Å². The molecule has 0 radical (unpaired) electrons. The van der Waals surface area contributed by atoms with Gasteiger partial charge in [-0.15, -0.1) is 0 Å². The van der Waals surface area contributed by atoms with Crippen molar-refractivity contribution < 1.29 is 4.79 Å². The summed E-state index contributed by atoms with van der Waals surface area (Å²) in [6.07, 6.45) is 0.781. The number of nitrogens with two attached hydrogens (primary N) is 1. The van der Waals surface area contributed by atoms with Crippen molar-refractivity contribution in [2.75, 3.05) is 12.3 Å². The Balaban J connectivity index is 0.000000956. The zero-order valence-electron chi connectivity index (χ0n) is 12.1. The summed E-state index contributed by atoms with van der Waals surface area (Å²) in [6, 6.07) is 16.9. The van der Waals surface area contributed by atoms with Crippen molar-refractivity contribution in [3.63, 3.8) is 0 Å². The largest absolute Gasteiger partial charge is 0.399 e. The minimum Gasteiger partial charge on any atom is -0.399 e. The number of nitrogen functional groups attached to an aromatic ring is 1.